The molecule has 0 saturated carbocycles. The highest BCUT2D eigenvalue weighted by molar-refractivity contribution is 5.51. The Morgan fingerprint density at radius 1 is 1.13 bits per heavy atom. The Labute approximate surface area is 179 Å². The maximum Gasteiger partial charge on any atom is 0.165 e. The van der Waals surface area contributed by atoms with Crippen molar-refractivity contribution < 1.29 is 18.6 Å². The van der Waals surface area contributed by atoms with Gasteiger partial charge in [-0.25, -0.2) is 4.39 Å². The van der Waals surface area contributed by atoms with Crippen LogP contribution in [0.3, 0.4) is 0 Å². The zero-order chi connectivity index (χ0) is 21.3. The van der Waals surface area contributed by atoms with Crippen LogP contribution in [0.1, 0.15) is 25.3 Å². The Bertz CT molecular complexity index is 796. The monoisotopic (exact) mass is 416 g/mol. The lowest BCUT2D eigenvalue weighted by molar-refractivity contribution is 0.0391. The average molecular weight is 417 g/mol. The largest absolute Gasteiger partial charge is 0.497 e. The molecule has 0 aromatic heterocycles. The maximum absolute atomic E-state index is 14.6. The molecule has 3 rings (SSSR count). The number of nitrogens with zero attached hydrogens (tertiary/aromatic N) is 2. The molecule has 0 radical (unpaired) electrons. The van der Waals surface area contributed by atoms with E-state index in [0.29, 0.717) is 24.9 Å². The molecule has 0 amide bonds. The van der Waals surface area contributed by atoms with Crippen molar-refractivity contribution in [3.8, 4) is 11.5 Å². The highest BCUT2D eigenvalue weighted by atomic mass is 19.1. The third kappa shape index (κ3) is 6.09. The van der Waals surface area contributed by atoms with Gasteiger partial charge in [0, 0.05) is 50.6 Å². The highest BCUT2D eigenvalue weighted by Crippen LogP contribution is 2.24. The number of methoxy groups -OCH3 is 1. The Kier molecular flexibility index (Phi) is 8.34. The predicted molar refractivity (Wildman–Crippen MR) is 118 cm³/mol. The molecule has 1 aliphatic heterocycles. The molecule has 0 unspecified atom stereocenters. The number of halogens is 1. The molecule has 0 spiro atoms. The molecular weight excluding hydrogens is 383 g/mol. The van der Waals surface area contributed by atoms with E-state index >= 15 is 0 Å². The third-order valence-corrected chi connectivity index (χ3v) is 5.69. The van der Waals surface area contributed by atoms with Gasteiger partial charge in [0.1, 0.15) is 12.4 Å². The molecule has 1 fully saturated rings. The van der Waals surface area contributed by atoms with E-state index in [9.17, 15) is 4.39 Å². The quantitative estimate of drug-likeness (QED) is 0.575. The van der Waals surface area contributed by atoms with E-state index in [-0.39, 0.29) is 5.82 Å². The van der Waals surface area contributed by atoms with Crippen molar-refractivity contribution in [3.63, 3.8) is 0 Å². The molecule has 2 aromatic rings. The van der Waals surface area contributed by atoms with Crippen LogP contribution in [0.5, 0.6) is 11.5 Å². The number of benzene rings is 2. The van der Waals surface area contributed by atoms with Gasteiger partial charge in [0.15, 0.2) is 11.6 Å². The minimum Gasteiger partial charge on any atom is -0.497 e. The van der Waals surface area contributed by atoms with Gasteiger partial charge in [-0.2, -0.15) is 0 Å². The molecule has 0 N–H and O–H groups in total. The molecule has 2 aromatic carbocycles. The zero-order valence-corrected chi connectivity index (χ0v) is 18.3. The summed E-state index contributed by atoms with van der Waals surface area (Å²) in [5.74, 6) is 0.804. The average Bonchev–Trinajstić information content (AvgIpc) is 2.79. The first kappa shape index (κ1) is 22.4. The van der Waals surface area contributed by atoms with Crippen LogP contribution < -0.4 is 14.4 Å². The lowest BCUT2D eigenvalue weighted by atomic mass is 10.1. The van der Waals surface area contributed by atoms with E-state index in [1.165, 1.54) is 0 Å². The Morgan fingerprint density at radius 2 is 1.93 bits per heavy atom. The Balaban J connectivity index is 1.54. The number of hydrogen-bond donors (Lipinski definition) is 0. The van der Waals surface area contributed by atoms with Crippen LogP contribution >= 0.6 is 0 Å². The zero-order valence-electron chi connectivity index (χ0n) is 18.3. The molecule has 6 heteroatoms. The van der Waals surface area contributed by atoms with Crippen LogP contribution in [0, 0.1) is 5.82 Å². The van der Waals surface area contributed by atoms with Gasteiger partial charge in [-0.1, -0.05) is 12.1 Å². The lowest BCUT2D eigenvalue weighted by Crippen LogP contribution is -2.38. The van der Waals surface area contributed by atoms with Crippen LogP contribution in [-0.4, -0.2) is 58.0 Å². The van der Waals surface area contributed by atoms with Crippen LogP contribution in [0.15, 0.2) is 42.5 Å². The first-order valence-corrected chi connectivity index (χ1v) is 10.7. The summed E-state index contributed by atoms with van der Waals surface area (Å²) in [6.07, 6.45) is 2.08. The van der Waals surface area contributed by atoms with Gasteiger partial charge in [-0.3, -0.25) is 4.90 Å². The smallest absolute Gasteiger partial charge is 0.165 e. The molecule has 0 atom stereocenters. The van der Waals surface area contributed by atoms with Crippen LogP contribution in [0.2, 0.25) is 0 Å². The van der Waals surface area contributed by atoms with Gasteiger partial charge in [-0.05, 0) is 56.6 Å². The van der Waals surface area contributed by atoms with Crippen molar-refractivity contribution in [1.29, 1.82) is 0 Å². The second-order valence-corrected chi connectivity index (χ2v) is 7.65. The fourth-order valence-electron chi connectivity index (χ4n) is 3.78. The molecule has 1 aliphatic rings. The second-order valence-electron chi connectivity index (χ2n) is 7.65. The topological polar surface area (TPSA) is 34.2 Å². The van der Waals surface area contributed by atoms with Gasteiger partial charge in [0.2, 0.25) is 0 Å². The summed E-state index contributed by atoms with van der Waals surface area (Å²) in [6.45, 7) is 6.38. The standard InChI is InChI=1S/C24H33FN2O3/c1-4-27(21-6-5-7-22(17-21)28-3)18-19-8-9-24(23(25)16-19)30-15-12-26(2)20-10-13-29-14-11-20/h5-9,16-17,20H,4,10-15,18H2,1-3H3. The SMILES string of the molecule is CCN(Cc1ccc(OCCN(C)C2CCOCC2)c(F)c1)c1cccc(OC)c1. The van der Waals surface area contributed by atoms with Gasteiger partial charge < -0.3 is 19.1 Å². The van der Waals surface area contributed by atoms with Gasteiger partial charge in [0.05, 0.1) is 7.11 Å². The van der Waals surface area contributed by atoms with Gasteiger partial charge >= 0.3 is 0 Å². The molecule has 30 heavy (non-hydrogen) atoms. The number of rotatable bonds is 10. The molecular formula is C24H33FN2O3. The van der Waals surface area contributed by atoms with Crippen molar-refractivity contribution in [2.45, 2.75) is 32.4 Å². The van der Waals surface area contributed by atoms with Crippen molar-refractivity contribution in [1.82, 2.24) is 4.90 Å². The lowest BCUT2D eigenvalue weighted by Gasteiger charge is -2.31. The van der Waals surface area contributed by atoms with Crippen molar-refractivity contribution in [3.05, 3.63) is 53.8 Å². The van der Waals surface area contributed by atoms with E-state index < -0.39 is 0 Å². The third-order valence-electron chi connectivity index (χ3n) is 5.69. The normalized spacial score (nSPS) is 14.7. The van der Waals surface area contributed by atoms with Gasteiger partial charge in [-0.15, -0.1) is 0 Å². The summed E-state index contributed by atoms with van der Waals surface area (Å²) in [7, 11) is 3.75. The van der Waals surface area contributed by atoms with E-state index in [1.807, 2.05) is 30.3 Å². The fourth-order valence-corrected chi connectivity index (χ4v) is 3.78. The number of likely N-dealkylation sites (N-methyl/N-ethyl adjacent to an activating group) is 1. The minimum absolute atomic E-state index is 0.309. The molecule has 164 valence electrons. The van der Waals surface area contributed by atoms with Crippen LogP contribution in [0.4, 0.5) is 10.1 Å². The van der Waals surface area contributed by atoms with Crippen LogP contribution in [-0.2, 0) is 11.3 Å². The summed E-state index contributed by atoms with van der Waals surface area (Å²) in [5, 5.41) is 0. The maximum atomic E-state index is 14.6. The summed E-state index contributed by atoms with van der Waals surface area (Å²) >= 11 is 0. The molecule has 0 bridgehead atoms. The number of anilines is 1. The molecule has 0 aliphatic carbocycles. The molecule has 5 nitrogen and oxygen atoms in total. The summed E-state index contributed by atoms with van der Waals surface area (Å²) < 4.78 is 31.1. The Morgan fingerprint density at radius 3 is 2.63 bits per heavy atom. The van der Waals surface area contributed by atoms with Crippen molar-refractivity contribution in [2.75, 3.05) is 52.0 Å². The number of hydrogen-bond acceptors (Lipinski definition) is 5. The first-order valence-electron chi connectivity index (χ1n) is 10.7. The van der Waals surface area contributed by atoms with E-state index in [2.05, 4.69) is 23.8 Å². The summed E-state index contributed by atoms with van der Waals surface area (Å²) in [5.41, 5.74) is 1.96. The summed E-state index contributed by atoms with van der Waals surface area (Å²) in [4.78, 5) is 4.46. The van der Waals surface area contributed by atoms with Crippen LogP contribution in [0.25, 0.3) is 0 Å². The minimum atomic E-state index is -0.317. The van der Waals surface area contributed by atoms with Crippen molar-refractivity contribution in [2.24, 2.45) is 0 Å². The summed E-state index contributed by atoms with van der Waals surface area (Å²) in [6, 6.07) is 13.7. The van der Waals surface area contributed by atoms with E-state index in [1.54, 1.807) is 19.2 Å². The van der Waals surface area contributed by atoms with Gasteiger partial charge in [0.25, 0.3) is 0 Å². The van der Waals surface area contributed by atoms with E-state index in [4.69, 9.17) is 14.2 Å². The number of ether oxygens (including phenoxy) is 3. The molecule has 1 heterocycles. The van der Waals surface area contributed by atoms with E-state index in [0.717, 1.165) is 56.1 Å². The fraction of sp³-hybridized carbons (Fsp3) is 0.500. The Hall–Kier alpha value is -2.31. The van der Waals surface area contributed by atoms with Crippen molar-refractivity contribution >= 4 is 5.69 Å². The molecule has 1 saturated heterocycles. The second kappa shape index (κ2) is 11.2. The first-order chi connectivity index (χ1) is 14.6. The predicted octanol–water partition coefficient (Wildman–Crippen LogP) is 4.35. The highest BCUT2D eigenvalue weighted by Gasteiger charge is 2.18.